The molecule has 124 valence electrons. The fraction of sp³-hybridized carbons (Fsp3) is 0.312. The van der Waals surface area contributed by atoms with Crippen LogP contribution in [0.15, 0.2) is 52.0 Å². The van der Waals surface area contributed by atoms with Gasteiger partial charge in [0.15, 0.2) is 0 Å². The molecule has 1 aromatic heterocycles. The number of hydrogen-bond acceptors (Lipinski definition) is 4. The average Bonchev–Trinajstić information content (AvgIpc) is 3.05. The quantitative estimate of drug-likeness (QED) is 0.877. The third-order valence-electron chi connectivity index (χ3n) is 3.50. The molecule has 1 N–H and O–H groups in total. The van der Waals surface area contributed by atoms with E-state index in [9.17, 15) is 13.2 Å². The van der Waals surface area contributed by atoms with Gasteiger partial charge < -0.3 is 9.73 Å². The number of carbonyl (C=O) groups is 1. The molecule has 23 heavy (non-hydrogen) atoms. The normalized spacial score (nSPS) is 11.9. The molecular weight excluding hydrogens is 316 g/mol. The molecule has 7 heteroatoms. The van der Waals surface area contributed by atoms with Crippen LogP contribution >= 0.6 is 0 Å². The Morgan fingerprint density at radius 1 is 1.26 bits per heavy atom. The molecule has 2 rings (SSSR count). The van der Waals surface area contributed by atoms with E-state index >= 15 is 0 Å². The first-order chi connectivity index (χ1) is 10.8. The topological polar surface area (TPSA) is 79.6 Å². The number of rotatable bonds is 6. The van der Waals surface area contributed by atoms with Gasteiger partial charge in [-0.2, -0.15) is 4.31 Å². The first kappa shape index (κ1) is 17.2. The number of nitrogens with zero attached hydrogens (tertiary/aromatic N) is 1. The first-order valence-electron chi connectivity index (χ1n) is 7.21. The number of amides is 1. The Kier molecular flexibility index (Phi) is 5.23. The second-order valence-electron chi connectivity index (χ2n) is 5.40. The van der Waals surface area contributed by atoms with Gasteiger partial charge in [0.1, 0.15) is 5.76 Å². The molecule has 0 bridgehead atoms. The lowest BCUT2D eigenvalue weighted by molar-refractivity contribution is 0.0948. The molecule has 6 nitrogen and oxygen atoms in total. The molecule has 0 radical (unpaired) electrons. The Labute approximate surface area is 136 Å². The Balaban J connectivity index is 2.17. The van der Waals surface area contributed by atoms with E-state index in [2.05, 4.69) is 5.32 Å². The van der Waals surface area contributed by atoms with Crippen LogP contribution < -0.4 is 5.32 Å². The molecule has 0 aliphatic carbocycles. The average molecular weight is 336 g/mol. The van der Waals surface area contributed by atoms with Crippen LogP contribution in [-0.4, -0.2) is 31.7 Å². The van der Waals surface area contributed by atoms with Crippen LogP contribution in [-0.2, 0) is 16.6 Å². The maximum Gasteiger partial charge on any atom is 0.251 e. The van der Waals surface area contributed by atoms with E-state index in [1.807, 2.05) is 0 Å². The van der Waals surface area contributed by atoms with Gasteiger partial charge in [0.25, 0.3) is 5.91 Å². The molecule has 0 saturated heterocycles. The van der Waals surface area contributed by atoms with Crippen molar-refractivity contribution in [1.29, 1.82) is 0 Å². The second kappa shape index (κ2) is 6.97. The van der Waals surface area contributed by atoms with Crippen LogP contribution in [0.2, 0.25) is 0 Å². The van der Waals surface area contributed by atoms with Crippen LogP contribution in [0.3, 0.4) is 0 Å². The Morgan fingerprint density at radius 2 is 2.00 bits per heavy atom. The van der Waals surface area contributed by atoms with Crippen LogP contribution in [0.5, 0.6) is 0 Å². The second-order valence-corrected chi connectivity index (χ2v) is 7.40. The zero-order valence-electron chi connectivity index (χ0n) is 13.3. The van der Waals surface area contributed by atoms with Gasteiger partial charge in [-0.3, -0.25) is 4.79 Å². The number of carbonyl (C=O) groups excluding carboxylic acids is 1. The summed E-state index contributed by atoms with van der Waals surface area (Å²) < 4.78 is 31.4. The lowest BCUT2D eigenvalue weighted by Gasteiger charge is -2.21. The van der Waals surface area contributed by atoms with Crippen molar-refractivity contribution in [2.45, 2.75) is 31.3 Å². The lowest BCUT2D eigenvalue weighted by Crippen LogP contribution is -2.33. The molecule has 0 atom stereocenters. The van der Waals surface area contributed by atoms with Crippen LogP contribution in [0.1, 0.15) is 30.0 Å². The monoisotopic (exact) mass is 336 g/mol. The van der Waals surface area contributed by atoms with Crippen molar-refractivity contribution in [1.82, 2.24) is 9.62 Å². The maximum atomic E-state index is 12.5. The smallest absolute Gasteiger partial charge is 0.251 e. The molecule has 0 spiro atoms. The highest BCUT2D eigenvalue weighted by Crippen LogP contribution is 2.18. The summed E-state index contributed by atoms with van der Waals surface area (Å²) in [6, 6.07) is 9.31. The number of sulfonamides is 1. The summed E-state index contributed by atoms with van der Waals surface area (Å²) in [6.07, 6.45) is 1.52. The van der Waals surface area contributed by atoms with E-state index in [4.69, 9.17) is 4.42 Å². The summed E-state index contributed by atoms with van der Waals surface area (Å²) >= 11 is 0. The molecule has 0 unspecified atom stereocenters. The van der Waals surface area contributed by atoms with E-state index in [1.54, 1.807) is 38.1 Å². The van der Waals surface area contributed by atoms with Crippen molar-refractivity contribution in [2.75, 3.05) is 7.05 Å². The Bertz CT molecular complexity index is 767. The van der Waals surface area contributed by atoms with Crippen molar-refractivity contribution in [3.05, 3.63) is 54.0 Å². The van der Waals surface area contributed by atoms with E-state index in [0.717, 1.165) is 0 Å². The van der Waals surface area contributed by atoms with Gasteiger partial charge in [0.05, 0.1) is 17.7 Å². The van der Waals surface area contributed by atoms with Gasteiger partial charge in [-0.25, -0.2) is 8.42 Å². The molecule has 0 aliphatic heterocycles. The standard InChI is InChI=1S/C16H20N2O4S/c1-12(2)18(3)23(20,21)15-8-4-6-13(10-15)16(19)17-11-14-7-5-9-22-14/h4-10,12H,11H2,1-3H3,(H,17,19). The third kappa shape index (κ3) is 4.00. The molecule has 0 saturated carbocycles. The minimum absolute atomic E-state index is 0.0966. The van der Waals surface area contributed by atoms with E-state index in [1.165, 1.54) is 29.7 Å². The van der Waals surface area contributed by atoms with Gasteiger partial charge >= 0.3 is 0 Å². The molecular formula is C16H20N2O4S. The number of furan rings is 1. The summed E-state index contributed by atoms with van der Waals surface area (Å²) in [7, 11) is -2.10. The van der Waals surface area contributed by atoms with Crippen LogP contribution in [0.4, 0.5) is 0 Å². The maximum absolute atomic E-state index is 12.5. The number of benzene rings is 1. The van der Waals surface area contributed by atoms with E-state index < -0.39 is 10.0 Å². The van der Waals surface area contributed by atoms with Crippen LogP contribution in [0, 0.1) is 0 Å². The van der Waals surface area contributed by atoms with E-state index in [-0.39, 0.29) is 29.0 Å². The van der Waals surface area contributed by atoms with Crippen LogP contribution in [0.25, 0.3) is 0 Å². The molecule has 2 aromatic rings. The predicted octanol–water partition coefficient (Wildman–Crippen LogP) is 2.24. The fourth-order valence-electron chi connectivity index (χ4n) is 1.92. The minimum atomic E-state index is -3.62. The summed E-state index contributed by atoms with van der Waals surface area (Å²) in [4.78, 5) is 12.3. The first-order valence-corrected chi connectivity index (χ1v) is 8.65. The Morgan fingerprint density at radius 3 is 2.61 bits per heavy atom. The predicted molar refractivity (Wildman–Crippen MR) is 86.4 cm³/mol. The molecule has 1 heterocycles. The molecule has 0 fully saturated rings. The molecule has 0 aliphatic rings. The summed E-state index contributed by atoms with van der Waals surface area (Å²) in [5.74, 6) is 0.271. The van der Waals surface area contributed by atoms with Gasteiger partial charge in [0.2, 0.25) is 10.0 Å². The van der Waals surface area contributed by atoms with Crippen molar-refractivity contribution in [2.24, 2.45) is 0 Å². The van der Waals surface area contributed by atoms with Gasteiger partial charge in [-0.05, 0) is 44.2 Å². The summed E-state index contributed by atoms with van der Waals surface area (Å²) in [5, 5.41) is 2.69. The summed E-state index contributed by atoms with van der Waals surface area (Å²) in [5.41, 5.74) is 0.287. The highest BCUT2D eigenvalue weighted by Gasteiger charge is 2.23. The van der Waals surface area contributed by atoms with E-state index in [0.29, 0.717) is 5.76 Å². The largest absolute Gasteiger partial charge is 0.467 e. The zero-order valence-corrected chi connectivity index (χ0v) is 14.1. The van der Waals surface area contributed by atoms with Gasteiger partial charge in [-0.1, -0.05) is 6.07 Å². The van der Waals surface area contributed by atoms with Gasteiger partial charge in [-0.15, -0.1) is 0 Å². The molecule has 1 amide bonds. The molecule has 1 aromatic carbocycles. The SMILES string of the molecule is CC(C)N(C)S(=O)(=O)c1cccc(C(=O)NCc2ccco2)c1. The van der Waals surface area contributed by atoms with Gasteiger partial charge in [0, 0.05) is 18.7 Å². The van der Waals surface area contributed by atoms with Crippen molar-refractivity contribution in [3.63, 3.8) is 0 Å². The summed E-state index contributed by atoms with van der Waals surface area (Å²) in [6.45, 7) is 3.82. The van der Waals surface area contributed by atoms with Crippen molar-refractivity contribution < 1.29 is 17.6 Å². The number of hydrogen-bond donors (Lipinski definition) is 1. The lowest BCUT2D eigenvalue weighted by atomic mass is 10.2. The highest BCUT2D eigenvalue weighted by molar-refractivity contribution is 7.89. The fourth-order valence-corrected chi connectivity index (χ4v) is 3.34. The minimum Gasteiger partial charge on any atom is -0.467 e. The third-order valence-corrected chi connectivity index (χ3v) is 5.53. The van der Waals surface area contributed by atoms with Crippen molar-refractivity contribution >= 4 is 15.9 Å². The Hall–Kier alpha value is -2.12. The zero-order chi connectivity index (χ0) is 17.0. The highest BCUT2D eigenvalue weighted by atomic mass is 32.2. The van der Waals surface area contributed by atoms with Crippen molar-refractivity contribution in [3.8, 4) is 0 Å². The number of nitrogens with one attached hydrogen (secondary N) is 1.